The molecule has 0 saturated carbocycles. The molecule has 1 heterocycles. The molecule has 0 aliphatic carbocycles. The monoisotopic (exact) mass is 456 g/mol. The first-order chi connectivity index (χ1) is 16.4. The molecule has 0 aliphatic rings. The number of fused-ring (bicyclic) bond motifs is 1. The highest BCUT2D eigenvalue weighted by Gasteiger charge is 2.13. The zero-order valence-electron chi connectivity index (χ0n) is 19.1. The minimum atomic E-state index is -0.433. The highest BCUT2D eigenvalue weighted by atomic mass is 16.5. The van der Waals surface area contributed by atoms with Gasteiger partial charge in [-0.15, -0.1) is 0 Å². The van der Waals surface area contributed by atoms with Crippen LogP contribution in [0.25, 0.3) is 22.2 Å². The molecule has 2 N–H and O–H groups in total. The van der Waals surface area contributed by atoms with Crippen molar-refractivity contribution in [3.05, 3.63) is 83.7 Å². The van der Waals surface area contributed by atoms with Crippen LogP contribution in [0, 0.1) is 6.92 Å². The summed E-state index contributed by atoms with van der Waals surface area (Å²) in [6, 6.07) is 19.3. The number of carbonyl (C=O) groups is 3. The highest BCUT2D eigenvalue weighted by Crippen LogP contribution is 2.23. The van der Waals surface area contributed by atoms with Crippen molar-refractivity contribution in [3.8, 4) is 16.9 Å². The topological polar surface area (TPSA) is 102 Å². The van der Waals surface area contributed by atoms with Gasteiger partial charge in [0.25, 0.3) is 11.8 Å². The van der Waals surface area contributed by atoms with Crippen LogP contribution in [-0.2, 0) is 11.3 Å². The number of hydrogen-bond donors (Lipinski definition) is 2. The van der Waals surface area contributed by atoms with Gasteiger partial charge in [0.1, 0.15) is 11.6 Å². The smallest absolute Gasteiger partial charge is 0.308 e. The van der Waals surface area contributed by atoms with Gasteiger partial charge >= 0.3 is 5.97 Å². The van der Waals surface area contributed by atoms with Crippen molar-refractivity contribution >= 4 is 28.8 Å². The number of hydrogen-bond acceptors (Lipinski definition) is 5. The number of nitrogens with zero attached hydrogens (tertiary/aromatic N) is 2. The van der Waals surface area contributed by atoms with Crippen molar-refractivity contribution in [2.45, 2.75) is 27.3 Å². The van der Waals surface area contributed by atoms with Gasteiger partial charge in [-0.05, 0) is 67.4 Å². The third-order valence-electron chi connectivity index (χ3n) is 5.40. The van der Waals surface area contributed by atoms with Gasteiger partial charge < -0.3 is 9.30 Å². The molecule has 8 heteroatoms. The second-order valence-electron chi connectivity index (χ2n) is 7.71. The quantitative estimate of drug-likeness (QED) is 0.268. The molecule has 8 nitrogen and oxygen atoms in total. The van der Waals surface area contributed by atoms with Gasteiger partial charge in [-0.2, -0.15) is 0 Å². The maximum atomic E-state index is 12.5. The number of hydrazine groups is 1. The Kier molecular flexibility index (Phi) is 6.40. The second-order valence-corrected chi connectivity index (χ2v) is 7.71. The number of aryl methyl sites for hydroxylation is 2. The molecule has 0 spiro atoms. The van der Waals surface area contributed by atoms with Crippen LogP contribution in [0.5, 0.6) is 5.75 Å². The van der Waals surface area contributed by atoms with Gasteiger partial charge in [0.05, 0.1) is 11.0 Å². The Morgan fingerprint density at radius 3 is 2.00 bits per heavy atom. The largest absolute Gasteiger partial charge is 0.427 e. The number of nitrogens with one attached hydrogen (secondary N) is 2. The van der Waals surface area contributed by atoms with Crippen molar-refractivity contribution in [2.75, 3.05) is 0 Å². The Bertz CT molecular complexity index is 1370. The summed E-state index contributed by atoms with van der Waals surface area (Å²) in [4.78, 5) is 40.5. The molecule has 172 valence electrons. The third-order valence-corrected chi connectivity index (χ3v) is 5.40. The van der Waals surface area contributed by atoms with Crippen molar-refractivity contribution in [1.82, 2.24) is 20.4 Å². The highest BCUT2D eigenvalue weighted by molar-refractivity contribution is 6.00. The first-order valence-electron chi connectivity index (χ1n) is 10.8. The minimum absolute atomic E-state index is 0.377. The van der Waals surface area contributed by atoms with Crippen molar-refractivity contribution < 1.29 is 19.1 Å². The molecular formula is C26H24N4O4. The summed E-state index contributed by atoms with van der Waals surface area (Å²) >= 11 is 0. The molecule has 0 radical (unpaired) electrons. The first kappa shape index (κ1) is 22.7. The summed E-state index contributed by atoms with van der Waals surface area (Å²) < 4.78 is 7.10. The van der Waals surface area contributed by atoms with Gasteiger partial charge in [0.15, 0.2) is 0 Å². The fraction of sp³-hybridized carbons (Fsp3) is 0.154. The molecule has 4 rings (SSSR count). The fourth-order valence-electron chi connectivity index (χ4n) is 3.74. The fourth-order valence-corrected chi connectivity index (χ4v) is 3.74. The lowest BCUT2D eigenvalue weighted by Gasteiger charge is -2.09. The van der Waals surface area contributed by atoms with Gasteiger partial charge in [-0.1, -0.05) is 24.3 Å². The molecule has 0 atom stereocenters. The molecule has 2 amide bonds. The molecule has 0 aliphatic heterocycles. The summed E-state index contributed by atoms with van der Waals surface area (Å²) in [7, 11) is 0. The molecule has 34 heavy (non-hydrogen) atoms. The normalized spacial score (nSPS) is 10.7. The molecule has 1 aromatic heterocycles. The van der Waals surface area contributed by atoms with Crippen LogP contribution < -0.4 is 15.6 Å². The zero-order valence-corrected chi connectivity index (χ0v) is 19.1. The number of esters is 1. The SMILES string of the molecule is CCn1c(C)nc2cc(C(=O)NNC(=O)c3ccc(-c4ccc(OC(C)=O)cc4)cc3)ccc21. The van der Waals surface area contributed by atoms with E-state index in [-0.39, 0.29) is 5.97 Å². The first-order valence-corrected chi connectivity index (χ1v) is 10.8. The molecule has 3 aromatic carbocycles. The maximum absolute atomic E-state index is 12.5. The lowest BCUT2D eigenvalue weighted by Crippen LogP contribution is -2.41. The van der Waals surface area contributed by atoms with E-state index in [0.717, 1.165) is 34.5 Å². The van der Waals surface area contributed by atoms with E-state index >= 15 is 0 Å². The van der Waals surface area contributed by atoms with Crippen LogP contribution >= 0.6 is 0 Å². The van der Waals surface area contributed by atoms with E-state index in [4.69, 9.17) is 4.74 Å². The Labute approximate surface area is 196 Å². The van der Waals surface area contributed by atoms with Gasteiger partial charge in [0, 0.05) is 24.6 Å². The molecule has 0 fully saturated rings. The third kappa shape index (κ3) is 4.80. The minimum Gasteiger partial charge on any atom is -0.427 e. The van der Waals surface area contributed by atoms with Crippen LogP contribution in [0.15, 0.2) is 66.7 Å². The van der Waals surface area contributed by atoms with Gasteiger partial charge in [0.2, 0.25) is 0 Å². The maximum Gasteiger partial charge on any atom is 0.308 e. The number of rotatable bonds is 5. The molecule has 4 aromatic rings. The summed E-state index contributed by atoms with van der Waals surface area (Å²) in [5, 5.41) is 0. The summed E-state index contributed by atoms with van der Waals surface area (Å²) in [5.41, 5.74) is 9.19. The lowest BCUT2D eigenvalue weighted by molar-refractivity contribution is -0.131. The predicted molar refractivity (Wildman–Crippen MR) is 128 cm³/mol. The predicted octanol–water partition coefficient (Wildman–Crippen LogP) is 4.03. The Morgan fingerprint density at radius 1 is 0.853 bits per heavy atom. The van der Waals surface area contributed by atoms with E-state index < -0.39 is 11.8 Å². The number of ether oxygens (including phenoxy) is 1. The Balaban J connectivity index is 1.38. The van der Waals surface area contributed by atoms with E-state index in [2.05, 4.69) is 20.4 Å². The molecule has 0 unspecified atom stereocenters. The van der Waals surface area contributed by atoms with E-state index in [9.17, 15) is 14.4 Å². The number of imidazole rings is 1. The number of aromatic nitrogens is 2. The van der Waals surface area contributed by atoms with Gasteiger partial charge in [-0.25, -0.2) is 4.98 Å². The number of benzene rings is 3. The van der Waals surface area contributed by atoms with E-state index in [1.54, 1.807) is 48.5 Å². The van der Waals surface area contributed by atoms with Crippen molar-refractivity contribution in [2.24, 2.45) is 0 Å². The van der Waals surface area contributed by atoms with Crippen LogP contribution in [0.1, 0.15) is 40.4 Å². The van der Waals surface area contributed by atoms with Crippen LogP contribution in [0.4, 0.5) is 0 Å². The van der Waals surface area contributed by atoms with E-state index in [1.165, 1.54) is 6.92 Å². The summed E-state index contributed by atoms with van der Waals surface area (Å²) in [6.45, 7) is 6.11. The summed E-state index contributed by atoms with van der Waals surface area (Å²) in [5.74, 6) is 0.113. The zero-order chi connectivity index (χ0) is 24.2. The molecule has 0 bridgehead atoms. The summed E-state index contributed by atoms with van der Waals surface area (Å²) in [6.07, 6.45) is 0. The lowest BCUT2D eigenvalue weighted by atomic mass is 10.0. The average Bonchev–Trinajstić information content (AvgIpc) is 3.16. The van der Waals surface area contributed by atoms with Gasteiger partial charge in [-0.3, -0.25) is 25.2 Å². The van der Waals surface area contributed by atoms with Crippen molar-refractivity contribution in [1.29, 1.82) is 0 Å². The molecular weight excluding hydrogens is 432 g/mol. The van der Waals surface area contributed by atoms with Crippen LogP contribution in [0.2, 0.25) is 0 Å². The standard InChI is InChI=1S/C26H24N4O4/c1-4-30-16(2)27-23-15-21(11-14-24(23)30)26(33)29-28-25(32)20-7-5-18(6-8-20)19-9-12-22(13-10-19)34-17(3)31/h5-15H,4H2,1-3H3,(H,28,32)(H,29,33). The van der Waals surface area contributed by atoms with Crippen LogP contribution in [0.3, 0.4) is 0 Å². The average molecular weight is 457 g/mol. The number of amides is 2. The molecule has 0 saturated heterocycles. The number of carbonyl (C=O) groups excluding carboxylic acids is 3. The van der Waals surface area contributed by atoms with Crippen LogP contribution in [-0.4, -0.2) is 27.3 Å². The van der Waals surface area contributed by atoms with Crippen molar-refractivity contribution in [3.63, 3.8) is 0 Å². The van der Waals surface area contributed by atoms with E-state index in [0.29, 0.717) is 16.9 Å². The Morgan fingerprint density at radius 2 is 1.41 bits per heavy atom. The van der Waals surface area contributed by atoms with E-state index in [1.807, 2.05) is 32.0 Å². The second kappa shape index (κ2) is 9.58. The Hall–Kier alpha value is -4.46.